The van der Waals surface area contributed by atoms with Gasteiger partial charge in [0.15, 0.2) is 0 Å². The number of carbonyl (C=O) groups is 3. The molecule has 1 aromatic rings. The second-order valence-corrected chi connectivity index (χ2v) is 14.6. The van der Waals surface area contributed by atoms with Gasteiger partial charge in [-0.3, -0.25) is 19.3 Å². The number of likely N-dealkylation sites (N-methyl/N-ethyl adjacent to an activating group) is 1. The van der Waals surface area contributed by atoms with E-state index in [0.717, 1.165) is 110 Å². The monoisotopic (exact) mass is 655 g/mol. The largest absolute Gasteiger partial charge is 0.375 e. The van der Waals surface area contributed by atoms with Crippen molar-refractivity contribution < 1.29 is 23.5 Å². The molecule has 2 unspecified atom stereocenters. The molecule has 4 aliphatic rings. The molecule has 4 fully saturated rings. The van der Waals surface area contributed by atoms with Crippen LogP contribution < -0.4 is 5.32 Å². The van der Waals surface area contributed by atoms with Crippen molar-refractivity contribution in [1.29, 1.82) is 0 Å². The summed E-state index contributed by atoms with van der Waals surface area (Å²) in [5, 5.41) is 3.02. The number of hydrogen-bond donors (Lipinski definition) is 1. The number of hydrogen-bond acceptors (Lipinski definition) is 6. The summed E-state index contributed by atoms with van der Waals surface area (Å²) in [4.78, 5) is 48.7. The Kier molecular flexibility index (Phi) is 13.1. The summed E-state index contributed by atoms with van der Waals surface area (Å²) >= 11 is 0. The van der Waals surface area contributed by atoms with Crippen LogP contribution in [0, 0.1) is 11.7 Å². The zero-order valence-corrected chi connectivity index (χ0v) is 29.1. The summed E-state index contributed by atoms with van der Waals surface area (Å²) < 4.78 is 22.1. The lowest BCUT2D eigenvalue weighted by atomic mass is 9.83. The topological polar surface area (TPSA) is 85.4 Å². The first-order valence-electron chi connectivity index (χ1n) is 18.5. The first-order valence-corrected chi connectivity index (χ1v) is 18.5. The highest BCUT2D eigenvalue weighted by Gasteiger charge is 2.37. The number of piperidine rings is 2. The summed E-state index contributed by atoms with van der Waals surface area (Å²) in [6.07, 6.45) is 10.5. The van der Waals surface area contributed by atoms with Crippen molar-refractivity contribution >= 4 is 17.7 Å². The fourth-order valence-corrected chi connectivity index (χ4v) is 7.99. The number of carbonyl (C=O) groups excluding carboxylic acids is 3. The van der Waals surface area contributed by atoms with Crippen LogP contribution >= 0.6 is 0 Å². The highest BCUT2D eigenvalue weighted by Crippen LogP contribution is 2.30. The van der Waals surface area contributed by atoms with E-state index in [9.17, 15) is 14.4 Å². The van der Waals surface area contributed by atoms with Crippen LogP contribution in [0.5, 0.6) is 0 Å². The van der Waals surface area contributed by atoms with E-state index in [2.05, 4.69) is 29.1 Å². The summed E-state index contributed by atoms with van der Waals surface area (Å²) in [5.41, 5.74) is 0.591. The summed E-state index contributed by atoms with van der Waals surface area (Å²) in [6.45, 7) is 11.0. The average molecular weight is 656 g/mol. The van der Waals surface area contributed by atoms with Crippen LogP contribution in [0.25, 0.3) is 0 Å². The van der Waals surface area contributed by atoms with E-state index in [-0.39, 0.29) is 41.4 Å². The molecule has 5 rings (SSSR count). The minimum Gasteiger partial charge on any atom is -0.375 e. The molecule has 3 amide bonds. The molecule has 1 saturated carbocycles. The van der Waals surface area contributed by atoms with Crippen LogP contribution in [0.2, 0.25) is 0 Å². The molecule has 10 heteroatoms. The van der Waals surface area contributed by atoms with Gasteiger partial charge in [0.1, 0.15) is 11.9 Å². The first-order chi connectivity index (χ1) is 22.7. The van der Waals surface area contributed by atoms with Gasteiger partial charge in [0.25, 0.3) is 5.91 Å². The third-order valence-corrected chi connectivity index (χ3v) is 11.1. The molecular weight excluding hydrogens is 597 g/mol. The molecule has 0 spiro atoms. The number of piperazine rings is 1. The van der Waals surface area contributed by atoms with Gasteiger partial charge in [0, 0.05) is 52.4 Å². The van der Waals surface area contributed by atoms with Crippen molar-refractivity contribution in [3.63, 3.8) is 0 Å². The Balaban J connectivity index is 1.11. The van der Waals surface area contributed by atoms with Crippen LogP contribution in [0.4, 0.5) is 4.39 Å². The number of benzene rings is 1. The highest BCUT2D eigenvalue weighted by molar-refractivity contribution is 5.98. The summed E-state index contributed by atoms with van der Waals surface area (Å²) in [5.74, 6) is -0.683. The lowest BCUT2D eigenvalue weighted by Gasteiger charge is -2.39. The Morgan fingerprint density at radius 2 is 1.51 bits per heavy atom. The van der Waals surface area contributed by atoms with Crippen molar-refractivity contribution in [3.05, 3.63) is 35.1 Å². The van der Waals surface area contributed by atoms with Gasteiger partial charge in [0.2, 0.25) is 11.8 Å². The Morgan fingerprint density at radius 1 is 0.872 bits per heavy atom. The highest BCUT2D eigenvalue weighted by atomic mass is 19.1. The van der Waals surface area contributed by atoms with Gasteiger partial charge in [-0.25, -0.2) is 4.39 Å². The predicted octanol–water partition coefficient (Wildman–Crippen LogP) is 4.65. The average Bonchev–Trinajstić information content (AvgIpc) is 3.09. The SMILES string of the molecule is CCCC(C)c1cccc(C(=O)NC(C(=O)N2CCC(OC3CCN(CC(=O)N4CCN(C)CC4)CC3)CC2)C2CCCCC2)c1F. The van der Waals surface area contributed by atoms with Gasteiger partial charge >= 0.3 is 0 Å². The number of halogens is 1. The van der Waals surface area contributed by atoms with Crippen LogP contribution in [0.1, 0.15) is 106 Å². The third-order valence-electron chi connectivity index (χ3n) is 11.1. The van der Waals surface area contributed by atoms with E-state index < -0.39 is 17.8 Å². The second kappa shape index (κ2) is 17.2. The number of rotatable bonds is 11. The molecule has 1 aliphatic carbocycles. The number of amides is 3. The van der Waals surface area contributed by atoms with Crippen LogP contribution in [-0.4, -0.2) is 122 Å². The molecular formula is C37H58FN5O4. The lowest BCUT2D eigenvalue weighted by molar-refractivity contribution is -0.140. The third kappa shape index (κ3) is 9.54. The fourth-order valence-electron chi connectivity index (χ4n) is 7.99. The van der Waals surface area contributed by atoms with E-state index in [1.807, 2.05) is 16.7 Å². The predicted molar refractivity (Wildman–Crippen MR) is 182 cm³/mol. The van der Waals surface area contributed by atoms with Crippen LogP contribution in [0.15, 0.2) is 18.2 Å². The van der Waals surface area contributed by atoms with Crippen molar-refractivity contribution in [3.8, 4) is 0 Å². The molecule has 47 heavy (non-hydrogen) atoms. The molecule has 9 nitrogen and oxygen atoms in total. The zero-order chi connectivity index (χ0) is 33.3. The van der Waals surface area contributed by atoms with Crippen molar-refractivity contribution in [2.24, 2.45) is 5.92 Å². The molecule has 262 valence electrons. The van der Waals surface area contributed by atoms with Gasteiger partial charge in [-0.1, -0.05) is 51.7 Å². The quantitative estimate of drug-likeness (QED) is 0.374. The van der Waals surface area contributed by atoms with Crippen molar-refractivity contribution in [2.75, 3.05) is 66.0 Å². The maximum absolute atomic E-state index is 15.6. The molecule has 2 atom stereocenters. The van der Waals surface area contributed by atoms with E-state index in [1.54, 1.807) is 12.1 Å². The first kappa shape index (κ1) is 35.7. The van der Waals surface area contributed by atoms with Crippen LogP contribution in [0.3, 0.4) is 0 Å². The van der Waals surface area contributed by atoms with Gasteiger partial charge in [-0.2, -0.15) is 0 Å². The maximum atomic E-state index is 15.6. The summed E-state index contributed by atoms with van der Waals surface area (Å²) in [7, 11) is 2.10. The Hall–Kier alpha value is -2.56. The molecule has 0 bridgehead atoms. The van der Waals surface area contributed by atoms with Crippen LogP contribution in [-0.2, 0) is 14.3 Å². The number of nitrogens with zero attached hydrogens (tertiary/aromatic N) is 4. The van der Waals surface area contributed by atoms with Gasteiger partial charge in [-0.15, -0.1) is 0 Å². The van der Waals surface area contributed by atoms with E-state index in [4.69, 9.17) is 4.74 Å². The number of ether oxygens (including phenoxy) is 1. The second-order valence-electron chi connectivity index (χ2n) is 14.6. The zero-order valence-electron chi connectivity index (χ0n) is 29.1. The minimum absolute atomic E-state index is 0.0240. The summed E-state index contributed by atoms with van der Waals surface area (Å²) in [6, 6.07) is 4.41. The fraction of sp³-hybridized carbons (Fsp3) is 0.757. The van der Waals surface area contributed by atoms with Gasteiger partial charge < -0.3 is 24.8 Å². The van der Waals surface area contributed by atoms with Crippen molar-refractivity contribution in [2.45, 2.75) is 109 Å². The number of likely N-dealkylation sites (tertiary alicyclic amines) is 2. The Labute approximate surface area is 281 Å². The standard InChI is InChI=1S/C37H58FN5O4/c1-4-9-27(2)31-12-8-13-32(34(31)38)36(45)39-35(28-10-6-5-7-11-28)37(46)43-20-16-30(17-21-43)47-29-14-18-41(19-15-29)26-33(44)42-24-22-40(3)23-25-42/h8,12-13,27-30,35H,4-7,9-11,14-26H2,1-3H3,(H,39,45). The maximum Gasteiger partial charge on any atom is 0.254 e. The van der Waals surface area contributed by atoms with Crippen molar-refractivity contribution in [1.82, 2.24) is 24.9 Å². The van der Waals surface area contributed by atoms with E-state index in [0.29, 0.717) is 25.2 Å². The number of nitrogens with one attached hydrogen (secondary N) is 1. The molecule has 0 aromatic heterocycles. The molecule has 3 aliphatic heterocycles. The van der Waals surface area contributed by atoms with E-state index in [1.165, 1.54) is 6.07 Å². The molecule has 3 heterocycles. The Bertz CT molecular complexity index is 1190. The molecule has 1 aromatic carbocycles. The normalized spacial score (nSPS) is 22.6. The van der Waals surface area contributed by atoms with Gasteiger partial charge in [0.05, 0.1) is 24.3 Å². The lowest BCUT2D eigenvalue weighted by Crippen LogP contribution is -2.55. The van der Waals surface area contributed by atoms with Gasteiger partial charge in [-0.05, 0) is 75.5 Å². The smallest absolute Gasteiger partial charge is 0.254 e. The van der Waals surface area contributed by atoms with E-state index >= 15 is 4.39 Å². The molecule has 0 radical (unpaired) electrons. The molecule has 3 saturated heterocycles. The minimum atomic E-state index is -0.644. The molecule has 1 N–H and O–H groups in total. The Morgan fingerprint density at radius 3 is 2.15 bits per heavy atom.